The maximum Gasteiger partial charge on any atom is 0.266 e. The third-order valence-electron chi connectivity index (χ3n) is 4.46. The Labute approximate surface area is 170 Å². The Morgan fingerprint density at radius 1 is 1.03 bits per heavy atom. The van der Waals surface area contributed by atoms with Gasteiger partial charge < -0.3 is 10.1 Å². The summed E-state index contributed by atoms with van der Waals surface area (Å²) in [6.07, 6.45) is 1.11. The fourth-order valence-electron chi connectivity index (χ4n) is 2.94. The van der Waals surface area contributed by atoms with Crippen LogP contribution in [0.4, 0.5) is 0 Å². The Morgan fingerprint density at radius 3 is 2.52 bits per heavy atom. The van der Waals surface area contributed by atoms with Gasteiger partial charge in [0.1, 0.15) is 5.75 Å². The summed E-state index contributed by atoms with van der Waals surface area (Å²) in [6, 6.07) is 20.7. The van der Waals surface area contributed by atoms with Gasteiger partial charge >= 0.3 is 0 Å². The summed E-state index contributed by atoms with van der Waals surface area (Å²) in [5.41, 5.74) is 2.53. The third-order valence-corrected chi connectivity index (χ3v) is 4.46. The van der Waals surface area contributed by atoms with Crippen LogP contribution in [0.25, 0.3) is 11.3 Å². The molecule has 6 heteroatoms. The molecule has 0 spiro atoms. The van der Waals surface area contributed by atoms with Gasteiger partial charge in [0.05, 0.1) is 18.8 Å². The second-order valence-corrected chi connectivity index (χ2v) is 6.57. The van der Waals surface area contributed by atoms with E-state index < -0.39 is 0 Å². The van der Waals surface area contributed by atoms with Gasteiger partial charge in [0.2, 0.25) is 5.91 Å². The number of nitrogens with zero attached hydrogens (tertiary/aromatic N) is 2. The van der Waals surface area contributed by atoms with Gasteiger partial charge in [0.25, 0.3) is 5.56 Å². The number of hydrogen-bond acceptors (Lipinski definition) is 4. The highest BCUT2D eigenvalue weighted by Crippen LogP contribution is 2.19. The van der Waals surface area contributed by atoms with Crippen LogP contribution in [-0.2, 0) is 17.8 Å². The Bertz CT molecular complexity index is 982. The first kappa shape index (κ1) is 20.3. The summed E-state index contributed by atoms with van der Waals surface area (Å²) in [7, 11) is 0. The monoisotopic (exact) mass is 391 g/mol. The predicted octanol–water partition coefficient (Wildman–Crippen LogP) is 3.06. The van der Waals surface area contributed by atoms with Crippen molar-refractivity contribution in [3.05, 3.63) is 82.6 Å². The number of aromatic nitrogens is 2. The smallest absolute Gasteiger partial charge is 0.266 e. The topological polar surface area (TPSA) is 73.2 Å². The van der Waals surface area contributed by atoms with Crippen molar-refractivity contribution >= 4 is 5.91 Å². The second kappa shape index (κ2) is 10.2. The Kier molecular flexibility index (Phi) is 7.16. The van der Waals surface area contributed by atoms with E-state index in [0.29, 0.717) is 38.2 Å². The van der Waals surface area contributed by atoms with Gasteiger partial charge in [-0.05, 0) is 49.2 Å². The first-order valence-corrected chi connectivity index (χ1v) is 9.77. The van der Waals surface area contributed by atoms with E-state index in [2.05, 4.69) is 10.4 Å². The summed E-state index contributed by atoms with van der Waals surface area (Å²) >= 11 is 0. The fourth-order valence-corrected chi connectivity index (χ4v) is 2.94. The molecule has 1 N–H and O–H groups in total. The van der Waals surface area contributed by atoms with E-state index in [1.54, 1.807) is 6.07 Å². The maximum absolute atomic E-state index is 12.1. The van der Waals surface area contributed by atoms with Crippen LogP contribution in [-0.4, -0.2) is 28.8 Å². The van der Waals surface area contributed by atoms with E-state index in [0.717, 1.165) is 16.9 Å². The predicted molar refractivity (Wildman–Crippen MR) is 113 cm³/mol. The van der Waals surface area contributed by atoms with Crippen molar-refractivity contribution in [2.45, 2.75) is 26.3 Å². The van der Waals surface area contributed by atoms with E-state index in [1.807, 2.05) is 61.5 Å². The Balaban J connectivity index is 1.54. The van der Waals surface area contributed by atoms with Gasteiger partial charge in [0.15, 0.2) is 0 Å². The number of nitrogens with one attached hydrogen (secondary N) is 1. The number of carbonyl (C=O) groups is 1. The Hall–Kier alpha value is -3.41. The lowest BCUT2D eigenvalue weighted by atomic mass is 10.1. The summed E-state index contributed by atoms with van der Waals surface area (Å²) in [5, 5.41) is 7.27. The molecular formula is C23H25N3O3. The fraction of sp³-hybridized carbons (Fsp3) is 0.261. The number of rotatable bonds is 9. The largest absolute Gasteiger partial charge is 0.494 e. The third kappa shape index (κ3) is 6.04. The van der Waals surface area contributed by atoms with Gasteiger partial charge in [-0.2, -0.15) is 5.10 Å². The molecule has 1 amide bonds. The number of benzene rings is 2. The van der Waals surface area contributed by atoms with Crippen LogP contribution in [0.2, 0.25) is 0 Å². The summed E-state index contributed by atoms with van der Waals surface area (Å²) in [4.78, 5) is 24.1. The van der Waals surface area contributed by atoms with Crippen molar-refractivity contribution in [1.82, 2.24) is 15.1 Å². The molecule has 0 fully saturated rings. The summed E-state index contributed by atoms with van der Waals surface area (Å²) in [6.45, 7) is 3.22. The molecule has 150 valence electrons. The SMILES string of the molecule is CCOc1ccc(-c2ccc(=O)n(CCNC(=O)CCc3ccccc3)n2)cc1. The molecule has 0 bridgehead atoms. The molecule has 0 aliphatic carbocycles. The van der Waals surface area contributed by atoms with Gasteiger partial charge in [-0.1, -0.05) is 30.3 Å². The Morgan fingerprint density at radius 2 is 1.79 bits per heavy atom. The van der Waals surface area contributed by atoms with Crippen LogP contribution < -0.4 is 15.6 Å². The molecule has 1 aromatic heterocycles. The standard InChI is InChI=1S/C23H25N3O3/c1-2-29-20-11-9-19(10-12-20)21-13-15-23(28)26(25-21)17-16-24-22(27)14-8-18-6-4-3-5-7-18/h3-7,9-13,15H,2,8,14,16-17H2,1H3,(H,24,27). The highest BCUT2D eigenvalue weighted by atomic mass is 16.5. The first-order valence-electron chi connectivity index (χ1n) is 9.77. The maximum atomic E-state index is 12.1. The second-order valence-electron chi connectivity index (χ2n) is 6.57. The average molecular weight is 391 g/mol. The number of hydrogen-bond donors (Lipinski definition) is 1. The zero-order valence-electron chi connectivity index (χ0n) is 16.5. The zero-order valence-corrected chi connectivity index (χ0v) is 16.5. The van der Waals surface area contributed by atoms with Crippen molar-refractivity contribution in [3.8, 4) is 17.0 Å². The molecule has 0 radical (unpaired) electrons. The van der Waals surface area contributed by atoms with Crippen LogP contribution in [0.5, 0.6) is 5.75 Å². The lowest BCUT2D eigenvalue weighted by molar-refractivity contribution is -0.121. The molecule has 29 heavy (non-hydrogen) atoms. The molecule has 6 nitrogen and oxygen atoms in total. The van der Waals surface area contributed by atoms with Gasteiger partial charge in [0, 0.05) is 24.6 Å². The van der Waals surface area contributed by atoms with E-state index in [4.69, 9.17) is 4.74 Å². The summed E-state index contributed by atoms with van der Waals surface area (Å²) in [5.74, 6) is 0.757. The minimum Gasteiger partial charge on any atom is -0.494 e. The van der Waals surface area contributed by atoms with Crippen molar-refractivity contribution in [2.24, 2.45) is 0 Å². The highest BCUT2D eigenvalue weighted by Gasteiger charge is 2.06. The lowest BCUT2D eigenvalue weighted by Crippen LogP contribution is -2.32. The molecule has 3 aromatic rings. The molecule has 0 atom stereocenters. The van der Waals surface area contributed by atoms with Crippen molar-refractivity contribution in [3.63, 3.8) is 0 Å². The molecule has 0 unspecified atom stereocenters. The van der Waals surface area contributed by atoms with E-state index in [-0.39, 0.29) is 11.5 Å². The van der Waals surface area contributed by atoms with Crippen LogP contribution in [0.1, 0.15) is 18.9 Å². The van der Waals surface area contributed by atoms with Crippen molar-refractivity contribution in [1.29, 1.82) is 0 Å². The van der Waals surface area contributed by atoms with Gasteiger partial charge in [-0.3, -0.25) is 9.59 Å². The van der Waals surface area contributed by atoms with Crippen molar-refractivity contribution < 1.29 is 9.53 Å². The molecule has 3 rings (SSSR count). The van der Waals surface area contributed by atoms with Crippen LogP contribution in [0, 0.1) is 0 Å². The lowest BCUT2D eigenvalue weighted by Gasteiger charge is -2.09. The van der Waals surface area contributed by atoms with Gasteiger partial charge in [-0.15, -0.1) is 0 Å². The van der Waals surface area contributed by atoms with E-state index >= 15 is 0 Å². The van der Waals surface area contributed by atoms with Crippen LogP contribution in [0.3, 0.4) is 0 Å². The molecule has 0 saturated heterocycles. The normalized spacial score (nSPS) is 10.5. The van der Waals surface area contributed by atoms with Crippen LogP contribution >= 0.6 is 0 Å². The first-order chi connectivity index (χ1) is 14.2. The average Bonchev–Trinajstić information content (AvgIpc) is 2.75. The summed E-state index contributed by atoms with van der Waals surface area (Å²) < 4.78 is 6.83. The molecule has 1 heterocycles. The minimum atomic E-state index is -0.196. The van der Waals surface area contributed by atoms with E-state index in [9.17, 15) is 9.59 Å². The molecule has 0 aliphatic rings. The minimum absolute atomic E-state index is 0.0374. The number of aryl methyl sites for hydroxylation is 1. The molecule has 2 aromatic carbocycles. The number of ether oxygens (including phenoxy) is 1. The highest BCUT2D eigenvalue weighted by molar-refractivity contribution is 5.76. The molecule has 0 aliphatic heterocycles. The molecule has 0 saturated carbocycles. The van der Waals surface area contributed by atoms with Crippen molar-refractivity contribution in [2.75, 3.05) is 13.2 Å². The number of carbonyl (C=O) groups excluding carboxylic acids is 1. The quantitative estimate of drug-likeness (QED) is 0.608. The molecular weight excluding hydrogens is 366 g/mol. The van der Waals surface area contributed by atoms with Gasteiger partial charge in [-0.25, -0.2) is 4.68 Å². The van der Waals surface area contributed by atoms with E-state index in [1.165, 1.54) is 10.7 Å². The number of amides is 1. The van der Waals surface area contributed by atoms with Crippen LogP contribution in [0.15, 0.2) is 71.5 Å². The zero-order chi connectivity index (χ0) is 20.5.